The lowest BCUT2D eigenvalue weighted by Gasteiger charge is -2.11. The summed E-state index contributed by atoms with van der Waals surface area (Å²) in [5, 5.41) is 19.3. The van der Waals surface area contributed by atoms with E-state index in [9.17, 15) is 18.3 Å². The number of fused-ring (bicyclic) bond motifs is 1. The molecule has 3 rings (SSSR count). The largest absolute Gasteiger partial charge is 0.505 e. The molecule has 0 spiro atoms. The van der Waals surface area contributed by atoms with Gasteiger partial charge in [0.15, 0.2) is 0 Å². The lowest BCUT2D eigenvalue weighted by molar-refractivity contribution is -0.137. The average molecular weight is 462 g/mol. The fourth-order valence-corrected chi connectivity index (χ4v) is 4.18. The number of phenols is 1. The van der Waals surface area contributed by atoms with E-state index in [0.29, 0.717) is 11.2 Å². The number of rotatable bonds is 12. The zero-order chi connectivity index (χ0) is 23.8. The third kappa shape index (κ3) is 6.95. The number of phenolic OH excluding ortho intramolecular Hbond substituents is 1. The molecule has 4 nitrogen and oxygen atoms in total. The lowest BCUT2D eigenvalue weighted by atomic mass is 10.0. The number of benzene rings is 2. The van der Waals surface area contributed by atoms with Crippen LogP contribution in [0, 0.1) is 6.92 Å². The van der Waals surface area contributed by atoms with Crippen molar-refractivity contribution < 1.29 is 18.3 Å². The number of alkyl halides is 3. The van der Waals surface area contributed by atoms with Crippen molar-refractivity contribution in [1.82, 2.24) is 15.0 Å². The molecule has 0 bridgehead atoms. The van der Waals surface area contributed by atoms with E-state index >= 15 is 0 Å². The third-order valence-corrected chi connectivity index (χ3v) is 6.04. The van der Waals surface area contributed by atoms with Crippen LogP contribution in [0.25, 0.3) is 16.7 Å². The van der Waals surface area contributed by atoms with Gasteiger partial charge < -0.3 is 5.11 Å². The molecule has 1 aromatic heterocycles. The minimum atomic E-state index is -4.44. The second kappa shape index (κ2) is 11.5. The second-order valence-electron chi connectivity index (χ2n) is 8.91. The number of aromatic nitrogens is 3. The van der Waals surface area contributed by atoms with Crippen molar-refractivity contribution in [2.24, 2.45) is 0 Å². The van der Waals surface area contributed by atoms with Gasteiger partial charge in [-0.05, 0) is 55.2 Å². The zero-order valence-electron chi connectivity index (χ0n) is 19.6. The third-order valence-electron chi connectivity index (χ3n) is 6.04. The molecular formula is C26H34F3N3O. The molecule has 0 unspecified atom stereocenters. The number of aryl methyl sites for hydroxylation is 2. The molecule has 0 aliphatic rings. The molecule has 2 aromatic carbocycles. The van der Waals surface area contributed by atoms with Crippen LogP contribution in [0.4, 0.5) is 13.2 Å². The van der Waals surface area contributed by atoms with Gasteiger partial charge in [0, 0.05) is 0 Å². The van der Waals surface area contributed by atoms with Gasteiger partial charge >= 0.3 is 6.18 Å². The minimum Gasteiger partial charge on any atom is -0.505 e. The summed E-state index contributed by atoms with van der Waals surface area (Å²) in [6, 6.07) is 6.99. The Kier molecular flexibility index (Phi) is 8.75. The van der Waals surface area contributed by atoms with Gasteiger partial charge in [0.1, 0.15) is 22.5 Å². The van der Waals surface area contributed by atoms with Crippen LogP contribution in [-0.2, 0) is 12.6 Å². The molecule has 0 aliphatic carbocycles. The van der Waals surface area contributed by atoms with Crippen LogP contribution in [0.15, 0.2) is 30.3 Å². The summed E-state index contributed by atoms with van der Waals surface area (Å²) < 4.78 is 39.0. The van der Waals surface area contributed by atoms with E-state index in [4.69, 9.17) is 0 Å². The summed E-state index contributed by atoms with van der Waals surface area (Å²) in [5.41, 5.74) is 1.88. The van der Waals surface area contributed by atoms with Crippen LogP contribution in [0.2, 0.25) is 0 Å². The average Bonchev–Trinajstić information content (AvgIpc) is 3.19. The second-order valence-corrected chi connectivity index (χ2v) is 8.91. The maximum atomic E-state index is 13.0. The highest BCUT2D eigenvalue weighted by Crippen LogP contribution is 2.32. The van der Waals surface area contributed by atoms with Crippen LogP contribution in [0.5, 0.6) is 5.75 Å². The molecule has 0 saturated heterocycles. The van der Waals surface area contributed by atoms with Gasteiger partial charge in [0.2, 0.25) is 0 Å². The van der Waals surface area contributed by atoms with E-state index in [1.54, 1.807) is 6.07 Å². The molecule has 0 radical (unpaired) electrons. The maximum absolute atomic E-state index is 13.0. The van der Waals surface area contributed by atoms with Crippen LogP contribution in [0.1, 0.15) is 87.8 Å². The van der Waals surface area contributed by atoms with Gasteiger partial charge in [-0.2, -0.15) is 13.2 Å². The molecule has 0 amide bonds. The first-order valence-electron chi connectivity index (χ1n) is 12.1. The highest BCUT2D eigenvalue weighted by molar-refractivity contribution is 5.75. The quantitative estimate of drug-likeness (QED) is 0.279. The van der Waals surface area contributed by atoms with Gasteiger partial charge in [-0.15, -0.1) is 15.0 Å². The zero-order valence-corrected chi connectivity index (χ0v) is 19.6. The van der Waals surface area contributed by atoms with Gasteiger partial charge in [-0.3, -0.25) is 0 Å². The molecule has 3 aromatic rings. The summed E-state index contributed by atoms with van der Waals surface area (Å²) in [6.07, 6.45) is 8.74. The molecule has 33 heavy (non-hydrogen) atoms. The first-order chi connectivity index (χ1) is 15.8. The van der Waals surface area contributed by atoms with Crippen LogP contribution >= 0.6 is 0 Å². The van der Waals surface area contributed by atoms with E-state index in [-0.39, 0.29) is 11.3 Å². The molecule has 1 heterocycles. The van der Waals surface area contributed by atoms with Crippen molar-refractivity contribution in [1.29, 1.82) is 0 Å². The first kappa shape index (κ1) is 25.1. The van der Waals surface area contributed by atoms with Gasteiger partial charge in [-0.1, -0.05) is 70.8 Å². The highest BCUT2D eigenvalue weighted by atomic mass is 19.4. The molecule has 7 heteroatoms. The lowest BCUT2D eigenvalue weighted by Crippen LogP contribution is -2.04. The Morgan fingerprint density at radius 1 is 0.818 bits per heavy atom. The smallest absolute Gasteiger partial charge is 0.416 e. The Hall–Kier alpha value is -2.57. The molecule has 0 atom stereocenters. The predicted octanol–water partition coefficient (Wildman–Crippen LogP) is 7.92. The number of unbranched alkanes of at least 4 members (excludes halogenated alkanes) is 9. The Labute approximate surface area is 193 Å². The number of hydrogen-bond donors (Lipinski definition) is 1. The van der Waals surface area contributed by atoms with E-state index < -0.39 is 11.7 Å². The summed E-state index contributed by atoms with van der Waals surface area (Å²) in [7, 11) is 0. The number of aromatic hydroxyl groups is 1. The molecule has 0 saturated carbocycles. The van der Waals surface area contributed by atoms with Crippen molar-refractivity contribution in [3.8, 4) is 11.4 Å². The van der Waals surface area contributed by atoms with Crippen molar-refractivity contribution in [3.05, 3.63) is 47.0 Å². The maximum Gasteiger partial charge on any atom is 0.416 e. The first-order valence-corrected chi connectivity index (χ1v) is 12.1. The summed E-state index contributed by atoms with van der Waals surface area (Å²) >= 11 is 0. The predicted molar refractivity (Wildman–Crippen MR) is 126 cm³/mol. The number of hydrogen-bond acceptors (Lipinski definition) is 3. The minimum absolute atomic E-state index is 0.0906. The Morgan fingerprint density at radius 3 is 2.06 bits per heavy atom. The Bertz CT molecular complexity index is 1040. The SMILES string of the molecule is CCCCCCCCCCCCc1cc(C)cc(-n2nc3ccc(C(F)(F)F)cc3n2)c1O. The highest BCUT2D eigenvalue weighted by Gasteiger charge is 2.31. The summed E-state index contributed by atoms with van der Waals surface area (Å²) in [5.74, 6) is 0.0906. The monoisotopic (exact) mass is 461 g/mol. The van der Waals surface area contributed by atoms with E-state index in [0.717, 1.165) is 42.5 Å². The Morgan fingerprint density at radius 2 is 1.42 bits per heavy atom. The number of nitrogens with zero attached hydrogens (tertiary/aromatic N) is 3. The van der Waals surface area contributed by atoms with Gasteiger partial charge in [0.05, 0.1) is 5.56 Å². The van der Waals surface area contributed by atoms with Crippen molar-refractivity contribution >= 4 is 11.0 Å². The van der Waals surface area contributed by atoms with E-state index in [1.807, 2.05) is 13.0 Å². The molecule has 1 N–H and O–H groups in total. The molecular weight excluding hydrogens is 427 g/mol. The van der Waals surface area contributed by atoms with Gasteiger partial charge in [-0.25, -0.2) is 0 Å². The fraction of sp³-hybridized carbons (Fsp3) is 0.538. The number of halogens is 3. The van der Waals surface area contributed by atoms with Crippen LogP contribution < -0.4 is 0 Å². The molecule has 180 valence electrons. The fourth-order valence-electron chi connectivity index (χ4n) is 4.18. The van der Waals surface area contributed by atoms with Crippen LogP contribution in [-0.4, -0.2) is 20.1 Å². The van der Waals surface area contributed by atoms with Gasteiger partial charge in [0.25, 0.3) is 0 Å². The Balaban J connectivity index is 1.61. The molecule has 0 aliphatic heterocycles. The molecule has 0 fully saturated rings. The van der Waals surface area contributed by atoms with E-state index in [1.165, 1.54) is 62.2 Å². The van der Waals surface area contributed by atoms with Crippen molar-refractivity contribution in [2.75, 3.05) is 0 Å². The van der Waals surface area contributed by atoms with Crippen molar-refractivity contribution in [2.45, 2.75) is 90.7 Å². The van der Waals surface area contributed by atoms with Crippen molar-refractivity contribution in [3.63, 3.8) is 0 Å². The standard InChI is InChI=1S/C26H34F3N3O/c1-3-4-5-6-7-8-9-10-11-12-13-20-16-19(2)17-24(25(20)33)32-30-22-15-14-21(26(27,28)29)18-23(22)31-32/h14-18,33H,3-13H2,1-2H3. The summed E-state index contributed by atoms with van der Waals surface area (Å²) in [6.45, 7) is 4.16. The van der Waals surface area contributed by atoms with E-state index in [2.05, 4.69) is 17.1 Å². The summed E-state index contributed by atoms with van der Waals surface area (Å²) in [4.78, 5) is 1.23. The topological polar surface area (TPSA) is 50.9 Å². The van der Waals surface area contributed by atoms with Crippen LogP contribution in [0.3, 0.4) is 0 Å². The normalized spacial score (nSPS) is 12.0.